The van der Waals surface area contributed by atoms with Crippen molar-refractivity contribution < 1.29 is 17.9 Å². The van der Waals surface area contributed by atoms with Crippen LogP contribution in [0.1, 0.15) is 12.0 Å². The van der Waals surface area contributed by atoms with Crippen LogP contribution in [0.5, 0.6) is 11.5 Å². The average molecular weight is 429 g/mol. The number of nitrogens with zero attached hydrogens (tertiary/aromatic N) is 1. The number of benzene rings is 2. The second kappa shape index (κ2) is 8.75. The molecule has 2 aromatic carbocycles. The number of fused-ring (bicyclic) bond motifs is 1. The summed E-state index contributed by atoms with van der Waals surface area (Å²) in [7, 11) is -3.73. The lowest BCUT2D eigenvalue weighted by atomic mass is 10.3. The lowest BCUT2D eigenvalue weighted by Gasteiger charge is -2.12. The van der Waals surface area contributed by atoms with Gasteiger partial charge in [-0.2, -0.15) is 0 Å². The Kier molecular flexibility index (Phi) is 5.92. The zero-order valence-corrected chi connectivity index (χ0v) is 17.2. The maximum atomic E-state index is 12.7. The molecule has 6 nitrogen and oxygen atoms in total. The second-order valence-corrected chi connectivity index (χ2v) is 9.17. The SMILES string of the molecule is O=S(=O)(Nc1ccc(SCc2cccnc2)cc1)c1ccc2c(c1)OCCCO2. The number of thioether (sulfide) groups is 1. The Balaban J connectivity index is 1.43. The Morgan fingerprint density at radius 1 is 1.00 bits per heavy atom. The molecule has 4 rings (SSSR count). The van der Waals surface area contributed by atoms with Crippen molar-refractivity contribution in [1.29, 1.82) is 0 Å². The maximum absolute atomic E-state index is 12.7. The van der Waals surface area contributed by atoms with Gasteiger partial charge in [-0.1, -0.05) is 6.07 Å². The van der Waals surface area contributed by atoms with Gasteiger partial charge in [-0.05, 0) is 48.0 Å². The molecule has 0 saturated carbocycles. The topological polar surface area (TPSA) is 77.5 Å². The zero-order valence-electron chi connectivity index (χ0n) is 15.6. The molecule has 1 aliphatic rings. The fourth-order valence-corrected chi connectivity index (χ4v) is 4.70. The van der Waals surface area contributed by atoms with Gasteiger partial charge in [-0.3, -0.25) is 9.71 Å². The molecule has 2 heterocycles. The molecule has 0 unspecified atom stereocenters. The van der Waals surface area contributed by atoms with Gasteiger partial charge in [0, 0.05) is 41.2 Å². The molecule has 0 fully saturated rings. The molecule has 1 N–H and O–H groups in total. The Morgan fingerprint density at radius 2 is 1.79 bits per heavy atom. The van der Waals surface area contributed by atoms with Crippen molar-refractivity contribution in [3.63, 3.8) is 0 Å². The van der Waals surface area contributed by atoms with Crippen LogP contribution in [0, 0.1) is 0 Å². The molecule has 3 aromatic rings. The van der Waals surface area contributed by atoms with Gasteiger partial charge in [0.05, 0.1) is 18.1 Å². The molecule has 0 radical (unpaired) electrons. The van der Waals surface area contributed by atoms with Crippen molar-refractivity contribution in [3.8, 4) is 11.5 Å². The first-order chi connectivity index (χ1) is 14.1. The molecule has 29 heavy (non-hydrogen) atoms. The van der Waals surface area contributed by atoms with E-state index < -0.39 is 10.0 Å². The van der Waals surface area contributed by atoms with Crippen molar-refractivity contribution in [1.82, 2.24) is 4.98 Å². The number of pyridine rings is 1. The molecule has 0 aliphatic carbocycles. The third-order valence-corrected chi connectivity index (χ3v) is 6.73. The normalized spacial score (nSPS) is 13.5. The van der Waals surface area contributed by atoms with Crippen LogP contribution in [0.4, 0.5) is 5.69 Å². The summed E-state index contributed by atoms with van der Waals surface area (Å²) in [5, 5.41) is 0. The van der Waals surface area contributed by atoms with Crippen LogP contribution in [0.2, 0.25) is 0 Å². The van der Waals surface area contributed by atoms with Crippen molar-refractivity contribution in [3.05, 3.63) is 72.6 Å². The first-order valence-electron chi connectivity index (χ1n) is 9.14. The number of anilines is 1. The van der Waals surface area contributed by atoms with E-state index in [1.807, 2.05) is 30.5 Å². The van der Waals surface area contributed by atoms with Crippen molar-refractivity contribution in [2.75, 3.05) is 17.9 Å². The van der Waals surface area contributed by atoms with Crippen molar-refractivity contribution in [2.45, 2.75) is 22.0 Å². The van der Waals surface area contributed by atoms with Crippen molar-refractivity contribution in [2.24, 2.45) is 0 Å². The summed E-state index contributed by atoms with van der Waals surface area (Å²) in [4.78, 5) is 5.29. The zero-order chi connectivity index (χ0) is 20.1. The van der Waals surface area contributed by atoms with Crippen LogP contribution < -0.4 is 14.2 Å². The Bertz CT molecular complexity index is 1070. The first-order valence-corrected chi connectivity index (χ1v) is 11.6. The van der Waals surface area contributed by atoms with Crippen LogP contribution in [-0.4, -0.2) is 26.6 Å². The number of sulfonamides is 1. The average Bonchev–Trinajstić information content (AvgIpc) is 2.99. The van der Waals surface area contributed by atoms with Gasteiger partial charge in [0.2, 0.25) is 0 Å². The van der Waals surface area contributed by atoms with E-state index in [1.54, 1.807) is 36.2 Å². The van der Waals surface area contributed by atoms with Gasteiger partial charge < -0.3 is 9.47 Å². The molecule has 0 spiro atoms. The molecule has 1 aromatic heterocycles. The summed E-state index contributed by atoms with van der Waals surface area (Å²) < 4.78 is 39.3. The standard InChI is InChI=1S/C21H20N2O4S2/c24-29(25,19-8-9-20-21(13-19)27-12-2-11-26-20)23-17-4-6-18(7-5-17)28-15-16-3-1-10-22-14-16/h1,3-10,13-14,23H,2,11-12,15H2. The highest BCUT2D eigenvalue weighted by Crippen LogP contribution is 2.32. The Hall–Kier alpha value is -2.71. The number of hydrogen-bond acceptors (Lipinski definition) is 6. The predicted octanol–water partition coefficient (Wildman–Crippen LogP) is 4.34. The van der Waals surface area contributed by atoms with Gasteiger partial charge in [0.1, 0.15) is 0 Å². The van der Waals surface area contributed by atoms with Gasteiger partial charge in [-0.15, -0.1) is 11.8 Å². The number of nitrogens with one attached hydrogen (secondary N) is 1. The number of hydrogen-bond donors (Lipinski definition) is 1. The maximum Gasteiger partial charge on any atom is 0.262 e. The summed E-state index contributed by atoms with van der Waals surface area (Å²) in [5.74, 6) is 1.82. The van der Waals surface area contributed by atoms with Gasteiger partial charge in [0.25, 0.3) is 10.0 Å². The van der Waals surface area contributed by atoms with E-state index in [0.29, 0.717) is 30.4 Å². The summed E-state index contributed by atoms with van der Waals surface area (Å²) in [5.41, 5.74) is 1.64. The summed E-state index contributed by atoms with van der Waals surface area (Å²) >= 11 is 1.67. The first kappa shape index (κ1) is 19.6. The molecule has 0 atom stereocenters. The molecule has 8 heteroatoms. The lowest BCUT2D eigenvalue weighted by Crippen LogP contribution is -2.13. The van der Waals surface area contributed by atoms with Crippen LogP contribution >= 0.6 is 11.8 Å². The summed E-state index contributed by atoms with van der Waals surface area (Å²) in [6.07, 6.45) is 4.35. The Labute approximate surface area is 174 Å². The minimum absolute atomic E-state index is 0.136. The fraction of sp³-hybridized carbons (Fsp3) is 0.190. The van der Waals surface area contributed by atoms with Crippen molar-refractivity contribution >= 4 is 27.5 Å². The Morgan fingerprint density at radius 3 is 2.55 bits per heavy atom. The van der Waals surface area contributed by atoms with Crippen LogP contribution in [0.15, 0.2) is 76.8 Å². The van der Waals surface area contributed by atoms with E-state index >= 15 is 0 Å². The molecule has 1 aliphatic heterocycles. The van der Waals surface area contributed by atoms with E-state index in [-0.39, 0.29) is 4.90 Å². The summed E-state index contributed by atoms with van der Waals surface area (Å²) in [6, 6.07) is 15.9. The lowest BCUT2D eigenvalue weighted by molar-refractivity contribution is 0.297. The minimum Gasteiger partial charge on any atom is -0.490 e. The van der Waals surface area contributed by atoms with Crippen LogP contribution in [0.25, 0.3) is 0 Å². The molecule has 0 amide bonds. The predicted molar refractivity (Wildman–Crippen MR) is 113 cm³/mol. The molecule has 0 bridgehead atoms. The fourth-order valence-electron chi connectivity index (χ4n) is 2.79. The van der Waals surface area contributed by atoms with Gasteiger partial charge in [-0.25, -0.2) is 8.42 Å². The molecular formula is C21H20N2O4S2. The van der Waals surface area contributed by atoms with E-state index in [9.17, 15) is 8.42 Å². The smallest absolute Gasteiger partial charge is 0.262 e. The van der Waals surface area contributed by atoms with Crippen LogP contribution in [-0.2, 0) is 15.8 Å². The van der Waals surface area contributed by atoms with E-state index in [2.05, 4.69) is 9.71 Å². The third kappa shape index (κ3) is 5.02. The van der Waals surface area contributed by atoms with E-state index in [0.717, 1.165) is 22.6 Å². The largest absolute Gasteiger partial charge is 0.490 e. The van der Waals surface area contributed by atoms with E-state index in [1.165, 1.54) is 12.1 Å². The second-order valence-electron chi connectivity index (χ2n) is 6.44. The third-order valence-electron chi connectivity index (χ3n) is 4.26. The highest BCUT2D eigenvalue weighted by atomic mass is 32.2. The molecule has 0 saturated heterocycles. The van der Waals surface area contributed by atoms with E-state index in [4.69, 9.17) is 9.47 Å². The highest BCUT2D eigenvalue weighted by molar-refractivity contribution is 7.98. The highest BCUT2D eigenvalue weighted by Gasteiger charge is 2.19. The van der Waals surface area contributed by atoms with Gasteiger partial charge >= 0.3 is 0 Å². The number of aromatic nitrogens is 1. The minimum atomic E-state index is -3.73. The monoisotopic (exact) mass is 428 g/mol. The van der Waals surface area contributed by atoms with Crippen LogP contribution in [0.3, 0.4) is 0 Å². The number of ether oxygens (including phenoxy) is 2. The molecular weight excluding hydrogens is 408 g/mol. The molecule has 150 valence electrons. The van der Waals surface area contributed by atoms with Gasteiger partial charge in [0.15, 0.2) is 11.5 Å². The number of rotatable bonds is 6. The quantitative estimate of drug-likeness (QED) is 0.589. The summed E-state index contributed by atoms with van der Waals surface area (Å²) in [6.45, 7) is 1.06.